The molecule has 0 amide bonds. The topological polar surface area (TPSA) is 0 Å². The van der Waals surface area contributed by atoms with Gasteiger partial charge >= 0.3 is 0 Å². The zero-order chi connectivity index (χ0) is 22.3. The third-order valence-corrected chi connectivity index (χ3v) is 8.06. The molecule has 0 bridgehead atoms. The van der Waals surface area contributed by atoms with Crippen molar-refractivity contribution in [2.24, 2.45) is 17.8 Å². The minimum atomic E-state index is -0.0113. The minimum Gasteiger partial charge on any atom is -0.207 e. The van der Waals surface area contributed by atoms with E-state index in [0.717, 1.165) is 60.1 Å². The smallest absolute Gasteiger partial charge is 0.127 e. The van der Waals surface area contributed by atoms with Crippen LogP contribution in [0, 0.1) is 23.6 Å². The van der Waals surface area contributed by atoms with Crippen molar-refractivity contribution in [3.63, 3.8) is 0 Å². The van der Waals surface area contributed by atoms with Crippen molar-refractivity contribution >= 4 is 0 Å². The number of fused-ring (bicyclic) bond motifs is 1. The molecule has 0 spiro atoms. The van der Waals surface area contributed by atoms with E-state index in [2.05, 4.69) is 68.1 Å². The second-order valence-electron chi connectivity index (χ2n) is 10.1. The number of hydrogen-bond acceptors (Lipinski definition) is 0. The van der Waals surface area contributed by atoms with Gasteiger partial charge in [0.05, 0.1) is 0 Å². The van der Waals surface area contributed by atoms with E-state index in [1.54, 1.807) is 6.07 Å². The summed E-state index contributed by atoms with van der Waals surface area (Å²) >= 11 is 0. The Hall–Kier alpha value is -2.15. The van der Waals surface area contributed by atoms with Gasteiger partial charge in [0.1, 0.15) is 5.82 Å². The zero-order valence-corrected chi connectivity index (χ0v) is 19.7. The largest absolute Gasteiger partial charge is 0.207 e. The first-order valence-corrected chi connectivity index (χ1v) is 12.8. The summed E-state index contributed by atoms with van der Waals surface area (Å²) in [6.07, 6.45) is 18.6. The molecule has 0 saturated heterocycles. The normalized spacial score (nSPS) is 25.6. The summed E-state index contributed by atoms with van der Waals surface area (Å²) in [6.45, 7) is 5.94. The van der Waals surface area contributed by atoms with Crippen LogP contribution in [-0.4, -0.2) is 0 Å². The number of benzene rings is 2. The van der Waals surface area contributed by atoms with E-state index in [1.807, 2.05) is 0 Å². The van der Waals surface area contributed by atoms with E-state index >= 15 is 4.39 Å². The molecule has 2 aromatic carbocycles. The fourth-order valence-electron chi connectivity index (χ4n) is 6.20. The van der Waals surface area contributed by atoms with Gasteiger partial charge in [-0.1, -0.05) is 61.0 Å². The predicted molar refractivity (Wildman–Crippen MR) is 135 cm³/mol. The first-order valence-electron chi connectivity index (χ1n) is 12.8. The van der Waals surface area contributed by atoms with Gasteiger partial charge in [0.15, 0.2) is 0 Å². The molecule has 2 fully saturated rings. The van der Waals surface area contributed by atoms with E-state index in [4.69, 9.17) is 0 Å². The van der Waals surface area contributed by atoms with Crippen LogP contribution in [-0.2, 0) is 6.42 Å². The quantitative estimate of drug-likeness (QED) is 0.366. The van der Waals surface area contributed by atoms with Gasteiger partial charge in [-0.3, -0.25) is 0 Å². The lowest BCUT2D eigenvalue weighted by Gasteiger charge is -2.42. The van der Waals surface area contributed by atoms with Crippen molar-refractivity contribution in [1.82, 2.24) is 0 Å². The Balaban J connectivity index is 1.38. The van der Waals surface area contributed by atoms with E-state index in [9.17, 15) is 0 Å². The van der Waals surface area contributed by atoms with E-state index < -0.39 is 0 Å². The summed E-state index contributed by atoms with van der Waals surface area (Å²) in [5.41, 5.74) is 4.37. The van der Waals surface area contributed by atoms with Crippen LogP contribution >= 0.6 is 0 Å². The number of rotatable bonds is 8. The summed E-state index contributed by atoms with van der Waals surface area (Å²) in [6, 6.07) is 14.6. The van der Waals surface area contributed by atoms with Crippen molar-refractivity contribution in [3.8, 4) is 11.1 Å². The Kier molecular flexibility index (Phi) is 8.00. The summed E-state index contributed by atoms with van der Waals surface area (Å²) < 4.78 is 15.2. The fraction of sp³-hybridized carbons (Fsp3) is 0.484. The Bertz CT molecular complexity index is 907. The summed E-state index contributed by atoms with van der Waals surface area (Å²) in [5, 5.41) is 0. The molecule has 0 heterocycles. The van der Waals surface area contributed by atoms with Gasteiger partial charge in [0.25, 0.3) is 0 Å². The van der Waals surface area contributed by atoms with Crippen LogP contribution in [0.1, 0.15) is 81.8 Å². The van der Waals surface area contributed by atoms with Crippen LogP contribution in [0.25, 0.3) is 11.1 Å². The second kappa shape index (κ2) is 11.1. The maximum atomic E-state index is 15.2. The lowest BCUT2D eigenvalue weighted by molar-refractivity contribution is 0.114. The SMILES string of the molecule is C=CCCC1CCC2CC(c3ccc(-c4ccc(CC/C=C/C)cc4)cc3F)CCC2C1. The summed E-state index contributed by atoms with van der Waals surface area (Å²) in [5.74, 6) is 2.93. The molecule has 4 rings (SSSR count). The molecule has 2 aromatic rings. The highest BCUT2D eigenvalue weighted by atomic mass is 19.1. The van der Waals surface area contributed by atoms with Gasteiger partial charge in [-0.2, -0.15) is 0 Å². The maximum absolute atomic E-state index is 15.2. The third kappa shape index (κ3) is 5.61. The third-order valence-electron chi connectivity index (χ3n) is 8.06. The monoisotopic (exact) mass is 430 g/mol. The van der Waals surface area contributed by atoms with Crippen molar-refractivity contribution in [2.75, 3.05) is 0 Å². The van der Waals surface area contributed by atoms with Crippen molar-refractivity contribution in [1.29, 1.82) is 0 Å². The molecule has 2 saturated carbocycles. The average molecular weight is 431 g/mol. The molecule has 170 valence electrons. The highest BCUT2D eigenvalue weighted by Gasteiger charge is 2.36. The molecule has 32 heavy (non-hydrogen) atoms. The summed E-state index contributed by atoms with van der Waals surface area (Å²) in [4.78, 5) is 0. The van der Waals surface area contributed by atoms with Crippen molar-refractivity contribution in [2.45, 2.75) is 77.0 Å². The highest BCUT2D eigenvalue weighted by Crippen LogP contribution is 2.48. The Morgan fingerprint density at radius 3 is 2.41 bits per heavy atom. The van der Waals surface area contributed by atoms with Gasteiger partial charge in [-0.15, -0.1) is 6.58 Å². The lowest BCUT2D eigenvalue weighted by Crippen LogP contribution is -2.30. The van der Waals surface area contributed by atoms with Gasteiger partial charge in [0, 0.05) is 0 Å². The van der Waals surface area contributed by atoms with Crippen LogP contribution in [0.4, 0.5) is 4.39 Å². The Labute approximate surface area is 194 Å². The predicted octanol–water partition coefficient (Wildman–Crippen LogP) is 9.27. The maximum Gasteiger partial charge on any atom is 0.127 e. The van der Waals surface area contributed by atoms with Gasteiger partial charge in [-0.05, 0) is 117 Å². The first-order chi connectivity index (χ1) is 15.7. The average Bonchev–Trinajstić information content (AvgIpc) is 2.83. The molecule has 2 aliphatic rings. The molecular weight excluding hydrogens is 391 g/mol. The lowest BCUT2D eigenvalue weighted by atomic mass is 9.63. The van der Waals surface area contributed by atoms with Crippen LogP contribution in [0.15, 0.2) is 67.3 Å². The Morgan fingerprint density at radius 1 is 0.906 bits per heavy atom. The van der Waals surface area contributed by atoms with Crippen molar-refractivity contribution in [3.05, 3.63) is 84.2 Å². The van der Waals surface area contributed by atoms with E-state index in [-0.39, 0.29) is 5.82 Å². The molecule has 4 unspecified atom stereocenters. The number of halogens is 1. The van der Waals surface area contributed by atoms with Crippen LogP contribution in [0.3, 0.4) is 0 Å². The van der Waals surface area contributed by atoms with Crippen LogP contribution in [0.5, 0.6) is 0 Å². The number of aryl methyl sites for hydroxylation is 1. The van der Waals surface area contributed by atoms with Crippen molar-refractivity contribution < 1.29 is 4.39 Å². The van der Waals surface area contributed by atoms with Crippen LogP contribution in [0.2, 0.25) is 0 Å². The summed E-state index contributed by atoms with van der Waals surface area (Å²) in [7, 11) is 0. The second-order valence-corrected chi connectivity index (χ2v) is 10.1. The fourth-order valence-corrected chi connectivity index (χ4v) is 6.20. The van der Waals surface area contributed by atoms with Gasteiger partial charge in [0.2, 0.25) is 0 Å². The standard InChI is InChI=1S/C31H39F/c1-3-5-7-9-23-10-13-25(14-11-23)28-18-19-30(31(32)22-28)29-17-16-26-20-24(8-6-4-2)12-15-27(26)21-29/h3-5,10-11,13-14,18-19,22,24,26-27,29H,2,6-9,12,15-17,20-21H2,1H3/b5-3+. The molecule has 0 nitrogen and oxygen atoms in total. The highest BCUT2D eigenvalue weighted by molar-refractivity contribution is 5.64. The Morgan fingerprint density at radius 2 is 1.66 bits per heavy atom. The number of allylic oxidation sites excluding steroid dienone is 3. The molecule has 2 aliphatic carbocycles. The molecule has 0 radical (unpaired) electrons. The molecule has 1 heteroatoms. The zero-order valence-electron chi connectivity index (χ0n) is 19.7. The minimum absolute atomic E-state index is 0.0113. The van der Waals surface area contributed by atoms with E-state index in [0.29, 0.717) is 5.92 Å². The molecule has 0 aliphatic heterocycles. The number of hydrogen-bond donors (Lipinski definition) is 0. The molecule has 0 aromatic heterocycles. The van der Waals surface area contributed by atoms with E-state index in [1.165, 1.54) is 44.1 Å². The van der Waals surface area contributed by atoms with Gasteiger partial charge in [-0.25, -0.2) is 4.39 Å². The molecule has 0 N–H and O–H groups in total. The van der Waals surface area contributed by atoms with Gasteiger partial charge < -0.3 is 0 Å². The molecule has 4 atom stereocenters. The molecular formula is C31H39F. The van der Waals surface area contributed by atoms with Crippen LogP contribution < -0.4 is 0 Å². The first kappa shape index (κ1) is 23.0.